The normalized spacial score (nSPS) is 12.0. The highest BCUT2D eigenvalue weighted by molar-refractivity contribution is 6.25. The van der Waals surface area contributed by atoms with Crippen molar-refractivity contribution in [3.8, 4) is 0 Å². The minimum absolute atomic E-state index is 0.0510. The summed E-state index contributed by atoms with van der Waals surface area (Å²) in [4.78, 5) is 12.9. The number of nitrogens with zero attached hydrogens (tertiary/aromatic N) is 3. The van der Waals surface area contributed by atoms with Crippen LogP contribution in [-0.2, 0) is 0 Å². The monoisotopic (exact) mass is 291 g/mol. The SMILES string of the molecule is CC(C)/C=C(\C(=O)c1ccccc1)n1nnc2ccccc21. The first kappa shape index (κ1) is 14.2. The molecule has 0 aliphatic heterocycles. The second-order valence-corrected chi connectivity index (χ2v) is 5.48. The summed E-state index contributed by atoms with van der Waals surface area (Å²) < 4.78 is 1.63. The predicted octanol–water partition coefficient (Wildman–Crippen LogP) is 3.81. The molecule has 0 atom stereocenters. The Morgan fingerprint density at radius 2 is 1.73 bits per heavy atom. The van der Waals surface area contributed by atoms with Crippen LogP contribution in [0.4, 0.5) is 0 Å². The summed E-state index contributed by atoms with van der Waals surface area (Å²) in [7, 11) is 0. The van der Waals surface area contributed by atoms with Crippen LogP contribution in [0.2, 0.25) is 0 Å². The fourth-order valence-corrected chi connectivity index (χ4v) is 2.34. The van der Waals surface area contributed by atoms with Gasteiger partial charge in [0.05, 0.1) is 5.52 Å². The van der Waals surface area contributed by atoms with E-state index in [9.17, 15) is 4.79 Å². The van der Waals surface area contributed by atoms with Crippen LogP contribution in [0.25, 0.3) is 16.7 Å². The molecular weight excluding hydrogens is 274 g/mol. The van der Waals surface area contributed by atoms with Gasteiger partial charge in [0.25, 0.3) is 0 Å². The van der Waals surface area contributed by atoms with Crippen LogP contribution in [0.1, 0.15) is 24.2 Å². The summed E-state index contributed by atoms with van der Waals surface area (Å²) in [5.41, 5.74) is 2.79. The molecule has 2 aromatic carbocycles. The fourth-order valence-electron chi connectivity index (χ4n) is 2.34. The Balaban J connectivity index is 2.14. The van der Waals surface area contributed by atoms with Gasteiger partial charge in [-0.1, -0.05) is 67.6 Å². The summed E-state index contributed by atoms with van der Waals surface area (Å²) >= 11 is 0. The number of fused-ring (bicyclic) bond motifs is 1. The van der Waals surface area contributed by atoms with E-state index in [-0.39, 0.29) is 11.7 Å². The standard InChI is InChI=1S/C18H17N3O/c1-13(2)12-17(18(22)14-8-4-3-5-9-14)21-16-11-7-6-10-15(16)19-20-21/h3-13H,1-2H3/b17-12+. The first-order valence-corrected chi connectivity index (χ1v) is 7.29. The molecule has 0 saturated heterocycles. The molecule has 4 heteroatoms. The van der Waals surface area contributed by atoms with Crippen LogP contribution < -0.4 is 0 Å². The van der Waals surface area contributed by atoms with E-state index in [2.05, 4.69) is 10.3 Å². The third kappa shape index (κ3) is 2.68. The Morgan fingerprint density at radius 1 is 1.05 bits per heavy atom. The molecule has 0 aliphatic rings. The van der Waals surface area contributed by atoms with Crippen LogP contribution in [0.15, 0.2) is 60.7 Å². The summed E-state index contributed by atoms with van der Waals surface area (Å²) in [5, 5.41) is 8.32. The Kier molecular flexibility index (Phi) is 3.83. The Morgan fingerprint density at radius 3 is 2.45 bits per heavy atom. The number of aromatic nitrogens is 3. The molecule has 1 aromatic heterocycles. The summed E-state index contributed by atoms with van der Waals surface area (Å²) in [5.74, 6) is 0.176. The molecule has 0 unspecified atom stereocenters. The Labute approximate surface area is 129 Å². The third-order valence-electron chi connectivity index (χ3n) is 3.34. The maximum atomic E-state index is 12.9. The average molecular weight is 291 g/mol. The molecular formula is C18H17N3O. The number of Topliss-reactive ketones (excluding diaryl/α,β-unsaturated/α-hetero) is 1. The minimum atomic E-state index is -0.0510. The van der Waals surface area contributed by atoms with Crippen molar-refractivity contribution >= 4 is 22.5 Å². The lowest BCUT2D eigenvalue weighted by Crippen LogP contribution is -2.12. The van der Waals surface area contributed by atoms with Gasteiger partial charge in [-0.3, -0.25) is 4.79 Å². The molecule has 3 rings (SSSR count). The summed E-state index contributed by atoms with van der Waals surface area (Å²) in [6.07, 6.45) is 1.93. The van der Waals surface area contributed by atoms with Gasteiger partial charge in [0, 0.05) is 5.56 Å². The molecule has 0 fully saturated rings. The van der Waals surface area contributed by atoms with Gasteiger partial charge in [0.15, 0.2) is 0 Å². The molecule has 0 bridgehead atoms. The van der Waals surface area contributed by atoms with Crippen LogP contribution in [0.5, 0.6) is 0 Å². The van der Waals surface area contributed by atoms with Crippen molar-refractivity contribution in [3.63, 3.8) is 0 Å². The van der Waals surface area contributed by atoms with Gasteiger partial charge in [-0.05, 0) is 18.1 Å². The number of carbonyl (C=O) groups is 1. The van der Waals surface area contributed by atoms with E-state index in [1.54, 1.807) is 4.68 Å². The van der Waals surface area contributed by atoms with Crippen molar-refractivity contribution in [3.05, 3.63) is 66.2 Å². The fraction of sp³-hybridized carbons (Fsp3) is 0.167. The number of carbonyl (C=O) groups excluding carboxylic acids is 1. The van der Waals surface area contributed by atoms with E-state index >= 15 is 0 Å². The second kappa shape index (κ2) is 5.93. The van der Waals surface area contributed by atoms with Gasteiger partial charge in [-0.25, -0.2) is 4.68 Å². The molecule has 0 radical (unpaired) electrons. The maximum Gasteiger partial charge on any atom is 0.211 e. The highest BCUT2D eigenvalue weighted by atomic mass is 16.1. The van der Waals surface area contributed by atoms with Crippen LogP contribution in [-0.4, -0.2) is 20.8 Å². The number of hydrogen-bond acceptors (Lipinski definition) is 3. The Bertz CT molecular complexity index is 832. The van der Waals surface area contributed by atoms with Crippen molar-refractivity contribution in [1.29, 1.82) is 0 Å². The predicted molar refractivity (Wildman–Crippen MR) is 87.4 cm³/mol. The molecule has 0 N–H and O–H groups in total. The van der Waals surface area contributed by atoms with Gasteiger partial charge in [0.2, 0.25) is 5.78 Å². The summed E-state index contributed by atoms with van der Waals surface area (Å²) in [6.45, 7) is 4.08. The van der Waals surface area contributed by atoms with Gasteiger partial charge < -0.3 is 0 Å². The lowest BCUT2D eigenvalue weighted by Gasteiger charge is -2.09. The lowest BCUT2D eigenvalue weighted by atomic mass is 10.0. The minimum Gasteiger partial charge on any atom is -0.287 e. The van der Waals surface area contributed by atoms with Gasteiger partial charge >= 0.3 is 0 Å². The van der Waals surface area contributed by atoms with Crippen molar-refractivity contribution in [2.75, 3.05) is 0 Å². The van der Waals surface area contributed by atoms with Crippen molar-refractivity contribution in [2.24, 2.45) is 5.92 Å². The highest BCUT2D eigenvalue weighted by Crippen LogP contribution is 2.20. The molecule has 0 saturated carbocycles. The first-order chi connectivity index (χ1) is 10.7. The molecule has 22 heavy (non-hydrogen) atoms. The molecule has 4 nitrogen and oxygen atoms in total. The average Bonchev–Trinajstić information content (AvgIpc) is 2.96. The smallest absolute Gasteiger partial charge is 0.211 e. The zero-order valence-electron chi connectivity index (χ0n) is 12.6. The number of rotatable bonds is 4. The first-order valence-electron chi connectivity index (χ1n) is 7.29. The van der Waals surface area contributed by atoms with Gasteiger partial charge in [0.1, 0.15) is 11.2 Å². The van der Waals surface area contributed by atoms with E-state index in [1.165, 1.54) is 0 Å². The second-order valence-electron chi connectivity index (χ2n) is 5.48. The van der Waals surface area contributed by atoms with E-state index < -0.39 is 0 Å². The highest BCUT2D eigenvalue weighted by Gasteiger charge is 2.18. The number of ketones is 1. The number of allylic oxidation sites excluding steroid dienone is 2. The molecule has 3 aromatic rings. The lowest BCUT2D eigenvalue weighted by molar-refractivity contribution is 0.104. The number of hydrogen-bond donors (Lipinski definition) is 0. The maximum absolute atomic E-state index is 12.9. The van der Waals surface area contributed by atoms with Crippen LogP contribution in [0, 0.1) is 5.92 Å². The van der Waals surface area contributed by atoms with Gasteiger partial charge in [-0.2, -0.15) is 0 Å². The molecule has 0 aliphatic carbocycles. The molecule has 0 spiro atoms. The van der Waals surface area contributed by atoms with E-state index in [0.717, 1.165) is 11.0 Å². The summed E-state index contributed by atoms with van der Waals surface area (Å²) in [6, 6.07) is 16.9. The zero-order valence-corrected chi connectivity index (χ0v) is 12.6. The van der Waals surface area contributed by atoms with Crippen molar-refractivity contribution < 1.29 is 4.79 Å². The molecule has 1 heterocycles. The van der Waals surface area contributed by atoms with Gasteiger partial charge in [-0.15, -0.1) is 5.10 Å². The largest absolute Gasteiger partial charge is 0.287 e. The quantitative estimate of drug-likeness (QED) is 0.542. The topological polar surface area (TPSA) is 47.8 Å². The van der Waals surface area contributed by atoms with E-state index in [0.29, 0.717) is 11.3 Å². The van der Waals surface area contributed by atoms with Crippen LogP contribution >= 0.6 is 0 Å². The van der Waals surface area contributed by atoms with E-state index in [4.69, 9.17) is 0 Å². The van der Waals surface area contributed by atoms with E-state index in [1.807, 2.05) is 74.5 Å². The zero-order chi connectivity index (χ0) is 15.5. The van der Waals surface area contributed by atoms with Crippen LogP contribution in [0.3, 0.4) is 0 Å². The van der Waals surface area contributed by atoms with Crippen molar-refractivity contribution in [1.82, 2.24) is 15.0 Å². The number of para-hydroxylation sites is 1. The number of benzene rings is 2. The molecule has 110 valence electrons. The molecule has 0 amide bonds. The van der Waals surface area contributed by atoms with Crippen molar-refractivity contribution in [2.45, 2.75) is 13.8 Å². The third-order valence-corrected chi connectivity index (χ3v) is 3.34. The Hall–Kier alpha value is -2.75.